The Morgan fingerprint density at radius 2 is 0.633 bits per heavy atom. The third kappa shape index (κ3) is 36.3. The van der Waals surface area contributed by atoms with Gasteiger partial charge in [0.1, 0.15) is 48.8 Å². The van der Waals surface area contributed by atoms with Gasteiger partial charge in [0.2, 0.25) is 65.7 Å². The van der Waals surface area contributed by atoms with Crippen molar-refractivity contribution in [1.82, 2.24) is 19.6 Å². The molecule has 8 rings (SSSR count). The number of unbranched alkanes of at least 4 members (excludes halogenated alkanes) is 4. The number of hydrogen-bond acceptors (Lipinski definition) is 22. The normalized spacial score (nSPS) is 21.3. The van der Waals surface area contributed by atoms with E-state index in [1.165, 1.54) is 35.1 Å². The van der Waals surface area contributed by atoms with Gasteiger partial charge >= 0.3 is 35.8 Å². The quantitative estimate of drug-likeness (QED) is 0.00882. The lowest BCUT2D eigenvalue weighted by Gasteiger charge is -2.29. The Bertz CT molecular complexity index is 4120. The van der Waals surface area contributed by atoms with Gasteiger partial charge in [-0.1, -0.05) is 163 Å². The summed E-state index contributed by atoms with van der Waals surface area (Å²) in [5.41, 5.74) is 16.3. The molecule has 4 saturated heterocycles. The number of hydrogen-bond donors (Lipinski definition) is 8. The van der Waals surface area contributed by atoms with Crippen LogP contribution in [0.1, 0.15) is 154 Å². The molecule has 4 heterocycles. The van der Waals surface area contributed by atoms with Crippen molar-refractivity contribution in [3.63, 3.8) is 0 Å². The number of carbonyl (C=O) groups excluding carboxylic acids is 6. The summed E-state index contributed by atoms with van der Waals surface area (Å²) < 4.78 is 85.3. The molecule has 4 aliphatic rings. The highest BCUT2D eigenvalue weighted by Gasteiger charge is 2.46. The van der Waals surface area contributed by atoms with Crippen molar-refractivity contribution in [2.75, 3.05) is 89.7 Å². The molecule has 10 N–H and O–H groups in total. The number of nitrogens with two attached hydrogens (primary N) is 2. The summed E-state index contributed by atoms with van der Waals surface area (Å²) in [5, 5.41) is 37.4. The largest absolute Gasteiger partial charge is 0.480 e. The number of benzene rings is 4. The van der Waals surface area contributed by atoms with Crippen LogP contribution >= 0.6 is 29.5 Å². The Labute approximate surface area is 704 Å². The predicted octanol–water partition coefficient (Wildman–Crippen LogP) is 10.5. The van der Waals surface area contributed by atoms with Crippen LogP contribution in [-0.4, -0.2) is 260 Å². The van der Waals surface area contributed by atoms with Crippen molar-refractivity contribution in [2.24, 2.45) is 23.3 Å². The van der Waals surface area contributed by atoms with Crippen molar-refractivity contribution in [2.45, 2.75) is 218 Å². The molecule has 4 aromatic carbocycles. The van der Waals surface area contributed by atoms with Gasteiger partial charge in [0.15, 0.2) is 0 Å². The van der Waals surface area contributed by atoms with Crippen molar-refractivity contribution >= 4 is 88.9 Å². The van der Waals surface area contributed by atoms with E-state index in [2.05, 4.69) is 0 Å². The molecule has 14 atom stereocenters. The van der Waals surface area contributed by atoms with Crippen LogP contribution in [0.2, 0.25) is 0 Å². The zero-order valence-corrected chi connectivity index (χ0v) is 73.8. The maximum Gasteiger partial charge on any atom is 0.326 e. The maximum absolute atomic E-state index is 14.0. The molecule has 4 amide bonds. The molecule has 0 bridgehead atoms. The molecule has 0 radical (unpaired) electrons. The summed E-state index contributed by atoms with van der Waals surface area (Å²) in [6, 6.07) is 34.5. The lowest BCUT2D eigenvalue weighted by atomic mass is 10.1. The van der Waals surface area contributed by atoms with Crippen molar-refractivity contribution in [3.8, 4) is 0 Å². The molecule has 32 nitrogen and oxygen atoms in total. The Kier molecular flexibility index (Phi) is 43.9. The molecular formula is C84H126N6O26P4. The van der Waals surface area contributed by atoms with E-state index in [0.717, 1.165) is 72.3 Å². The summed E-state index contributed by atoms with van der Waals surface area (Å²) in [6.07, 6.45) is 4.85. The molecule has 0 saturated carbocycles. The van der Waals surface area contributed by atoms with E-state index < -0.39 is 169 Å². The molecule has 4 fully saturated rings. The van der Waals surface area contributed by atoms with Gasteiger partial charge in [-0.2, -0.15) is 0 Å². The number of esters is 2. The fourth-order valence-electron chi connectivity index (χ4n) is 14.1. The van der Waals surface area contributed by atoms with Gasteiger partial charge in [-0.25, -0.2) is 19.2 Å². The number of methoxy groups -OCH3 is 2. The number of carboxylic acid groups (broad SMARTS) is 4. The van der Waals surface area contributed by atoms with E-state index in [4.69, 9.17) is 44.6 Å². The number of nitrogens with zero attached hydrogens (tertiary/aromatic N) is 4. The fraction of sp³-hybridized carbons (Fsp3) is 0.595. The van der Waals surface area contributed by atoms with Gasteiger partial charge in [-0.05, 0) is 112 Å². The van der Waals surface area contributed by atoms with Crippen LogP contribution in [0.4, 0.5) is 0 Å². The highest BCUT2D eigenvalue weighted by Crippen LogP contribution is 2.52. The fourth-order valence-corrected chi connectivity index (χ4v) is 21.7. The Balaban J connectivity index is 0.000000288. The summed E-state index contributed by atoms with van der Waals surface area (Å²) in [7, 11) is -11.5. The molecule has 0 aliphatic carbocycles. The van der Waals surface area contributed by atoms with Crippen LogP contribution in [0.5, 0.6) is 0 Å². The molecule has 36 heteroatoms. The first kappa shape index (κ1) is 103. The Morgan fingerprint density at radius 3 is 0.883 bits per heavy atom. The lowest BCUT2D eigenvalue weighted by Crippen LogP contribution is -2.42. The first-order chi connectivity index (χ1) is 56.7. The standard InChI is InChI=1S/C25H38NO8P.C24H37N2O7P.C18H26NO6P.C17H25N2O5P/c1-5-23(28)33-25(18(2)3)34-35(31,14-10-9-13-19-11-7-6-8-12-19)17-22(27)26-16-20(32-4)15-21(26)24(29)30;1-4-22(28)32-24(17(2)3)33-34(31,13-9-8-12-18-10-6-5-7-11-18)16-21(27)26-15-19(25)14-20(26)23(29)30;1-25-15-11-16(18(21)22)19(12-15)17(20)13-26(23,24)10-6-5-9-14-7-3-2-4-8-14;18-14-10-15(17(21)22)19(11-14)16(20)12-25(23,24)9-5-4-8-13-6-2-1-3-7-13/h6-8,11-12,18,20-21,25H,5,9-10,13-17H2,1-4H3,(H,29,30);5-7,10-11,17,19-20,24H,4,8-9,12-16,25H2,1-3H3,(H,29,30);2-4,7-8,15-16H,5-6,9-13H2,1H3,(H,21,22)(H,23,24);1-3,6-7,14-15H,4-5,8-12,18H2,(H,21,22)(H,23,24)/t20-,21+,25-,35?;19-,20+,24-,34?;15-,16+;14-,15+/m1111/s1. The van der Waals surface area contributed by atoms with Gasteiger partial charge in [-0.15, -0.1) is 0 Å². The van der Waals surface area contributed by atoms with E-state index in [1.54, 1.807) is 41.5 Å². The number of aryl methyl sites for hydroxylation is 4. The predicted molar refractivity (Wildman–Crippen MR) is 452 cm³/mol. The molecule has 120 heavy (non-hydrogen) atoms. The smallest absolute Gasteiger partial charge is 0.326 e. The van der Waals surface area contributed by atoms with Crippen LogP contribution in [0.25, 0.3) is 0 Å². The van der Waals surface area contributed by atoms with Crippen molar-refractivity contribution in [1.29, 1.82) is 0 Å². The number of likely N-dealkylation sites (tertiary alicyclic amines) is 4. The van der Waals surface area contributed by atoms with Gasteiger partial charge in [-0.3, -0.25) is 56.1 Å². The first-order valence-corrected chi connectivity index (χ1v) is 49.1. The van der Waals surface area contributed by atoms with E-state index in [0.29, 0.717) is 25.7 Å². The van der Waals surface area contributed by atoms with E-state index in [-0.39, 0.29) is 107 Å². The number of carboxylic acids is 4. The van der Waals surface area contributed by atoms with Crippen LogP contribution in [0, 0.1) is 11.8 Å². The minimum Gasteiger partial charge on any atom is -0.480 e. The summed E-state index contributed by atoms with van der Waals surface area (Å²) >= 11 is 0. The molecule has 4 aliphatic heterocycles. The van der Waals surface area contributed by atoms with E-state index in [9.17, 15) is 91.3 Å². The number of amides is 4. The third-order valence-corrected chi connectivity index (χ3v) is 29.0. The first-order valence-electron chi connectivity index (χ1n) is 41.1. The van der Waals surface area contributed by atoms with Gasteiger partial charge < -0.3 is 80.2 Å². The highest BCUT2D eigenvalue weighted by atomic mass is 31.2. The maximum atomic E-state index is 14.0. The number of ether oxygens (including phenoxy) is 4. The minimum absolute atomic E-state index is 0.0587. The van der Waals surface area contributed by atoms with E-state index >= 15 is 0 Å². The van der Waals surface area contributed by atoms with Gasteiger partial charge in [0.05, 0.1) is 12.2 Å². The monoisotopic (exact) mass is 1760 g/mol. The van der Waals surface area contributed by atoms with Crippen LogP contribution in [0.15, 0.2) is 121 Å². The lowest BCUT2D eigenvalue weighted by molar-refractivity contribution is -0.170. The van der Waals surface area contributed by atoms with Gasteiger partial charge in [0.25, 0.3) is 0 Å². The van der Waals surface area contributed by atoms with Gasteiger partial charge in [0, 0.05) is 115 Å². The average molecular weight is 1760 g/mol. The minimum atomic E-state index is -3.63. The van der Waals surface area contributed by atoms with Crippen molar-refractivity contribution < 1.29 is 124 Å². The highest BCUT2D eigenvalue weighted by molar-refractivity contribution is 7.60. The SMILES string of the molecule is CCC(=O)O[C@H](OP(=O)(CCCCc1ccccc1)CC(=O)N1C[C@H](N)C[C@H]1C(=O)O)C(C)C.CCC(=O)O[C@H](OP(=O)(CCCCc1ccccc1)CC(=O)N1C[C@H](OC)C[C@H]1C(=O)O)C(C)C.CO[C@@H]1C[C@@H](C(=O)O)N(C(=O)CP(=O)(O)CCCCc2ccccc2)C1.N[C@@H]1C[C@@H](C(=O)O)N(C(=O)CP(=O)(O)CCCCc2ccccc2)C1. The van der Waals surface area contributed by atoms with Crippen LogP contribution in [-0.2, 0) is 120 Å². The van der Waals surface area contributed by atoms with Crippen LogP contribution in [0.3, 0.4) is 0 Å². The number of carbonyl (C=O) groups is 10. The van der Waals surface area contributed by atoms with Crippen LogP contribution < -0.4 is 11.5 Å². The Hall–Kier alpha value is -7.82. The third-order valence-electron chi connectivity index (χ3n) is 20.8. The summed E-state index contributed by atoms with van der Waals surface area (Å²) in [6.45, 7) is 10.8. The molecular weight excluding hydrogens is 1630 g/mol. The van der Waals surface area contributed by atoms with E-state index in [1.807, 2.05) is 121 Å². The molecule has 4 aromatic rings. The zero-order valence-electron chi connectivity index (χ0n) is 70.3. The zero-order chi connectivity index (χ0) is 88.9. The summed E-state index contributed by atoms with van der Waals surface area (Å²) in [5.74, 6) is -8.39. The molecule has 668 valence electrons. The van der Waals surface area contributed by atoms with Crippen molar-refractivity contribution in [3.05, 3.63) is 144 Å². The second kappa shape index (κ2) is 51.3. The topological polar surface area (TPSA) is 481 Å². The molecule has 0 spiro atoms. The second-order valence-corrected chi connectivity index (χ2v) is 41.6. The average Bonchev–Trinajstić information content (AvgIpc) is 1.60. The molecule has 4 unspecified atom stereocenters. The number of aliphatic carboxylic acids is 4. The summed E-state index contributed by atoms with van der Waals surface area (Å²) in [4.78, 5) is 145. The Morgan fingerprint density at radius 1 is 0.383 bits per heavy atom. The second-order valence-electron chi connectivity index (χ2n) is 31.5. The number of rotatable bonds is 44. The molecule has 0 aromatic heterocycles.